The van der Waals surface area contributed by atoms with E-state index in [2.05, 4.69) is 23.8 Å². The number of aromatic nitrogens is 2. The van der Waals surface area contributed by atoms with Crippen LogP contribution >= 0.6 is 11.8 Å². The Morgan fingerprint density at radius 2 is 2.31 bits per heavy atom. The van der Waals surface area contributed by atoms with E-state index in [1.165, 1.54) is 0 Å². The summed E-state index contributed by atoms with van der Waals surface area (Å²) in [5.74, 6) is 1.61. The van der Waals surface area contributed by atoms with Crippen LogP contribution in [0.4, 0.5) is 0 Å². The van der Waals surface area contributed by atoms with Crippen LogP contribution in [0.3, 0.4) is 0 Å². The predicted octanol–water partition coefficient (Wildman–Crippen LogP) is 1.61. The molecule has 1 heterocycles. The second kappa shape index (κ2) is 5.19. The van der Waals surface area contributed by atoms with E-state index >= 15 is 0 Å². The molecule has 0 aromatic carbocycles. The van der Waals surface area contributed by atoms with Gasteiger partial charge in [0.1, 0.15) is 5.82 Å². The highest BCUT2D eigenvalue weighted by Gasteiger charge is 2.00. The van der Waals surface area contributed by atoms with E-state index < -0.39 is 0 Å². The lowest BCUT2D eigenvalue weighted by atomic mass is 10.4. The Balaban J connectivity index is 2.56. The molecule has 4 heteroatoms. The van der Waals surface area contributed by atoms with Gasteiger partial charge in [0.15, 0.2) is 0 Å². The Hall–Kier alpha value is -0.610. The average Bonchev–Trinajstić information content (AvgIpc) is 2.15. The number of thioether (sulfide) groups is 1. The Bertz CT molecular complexity index is 266. The number of hydrogen-bond donors (Lipinski definition) is 1. The molecular formula is C9H14N2OS. The molecule has 0 fully saturated rings. The van der Waals surface area contributed by atoms with Crippen LogP contribution < -0.4 is 0 Å². The molecule has 0 aliphatic heterocycles. The van der Waals surface area contributed by atoms with Gasteiger partial charge in [-0.05, 0) is 11.3 Å². The second-order valence-corrected chi connectivity index (χ2v) is 4.55. The maximum atomic E-state index is 8.84. The van der Waals surface area contributed by atoms with Crippen LogP contribution in [0, 0.1) is 0 Å². The summed E-state index contributed by atoms with van der Waals surface area (Å²) < 4.78 is 0. The predicted molar refractivity (Wildman–Crippen MR) is 54.4 cm³/mol. The van der Waals surface area contributed by atoms with Crippen LogP contribution in [0.15, 0.2) is 12.3 Å². The van der Waals surface area contributed by atoms with Crippen molar-refractivity contribution in [3.63, 3.8) is 0 Å². The summed E-state index contributed by atoms with van der Waals surface area (Å²) in [6.07, 6.45) is 1.69. The lowest BCUT2D eigenvalue weighted by Crippen LogP contribution is -1.98. The first-order valence-electron chi connectivity index (χ1n) is 4.25. The highest BCUT2D eigenvalue weighted by Crippen LogP contribution is 2.14. The van der Waals surface area contributed by atoms with Crippen molar-refractivity contribution in [2.75, 3.05) is 0 Å². The Labute approximate surface area is 82.6 Å². The largest absolute Gasteiger partial charge is 0.390 e. The van der Waals surface area contributed by atoms with Crippen molar-refractivity contribution in [1.82, 2.24) is 9.97 Å². The van der Waals surface area contributed by atoms with E-state index in [4.69, 9.17) is 5.11 Å². The molecule has 0 amide bonds. The Morgan fingerprint density at radius 3 is 2.92 bits per heavy atom. The van der Waals surface area contributed by atoms with Gasteiger partial charge in [0, 0.05) is 6.20 Å². The number of aliphatic hydroxyl groups excluding tert-OH is 1. The van der Waals surface area contributed by atoms with Crippen molar-refractivity contribution < 1.29 is 5.11 Å². The normalized spacial score (nSPS) is 10.8. The van der Waals surface area contributed by atoms with Gasteiger partial charge in [-0.2, -0.15) is 11.8 Å². The third-order valence-electron chi connectivity index (χ3n) is 1.47. The van der Waals surface area contributed by atoms with Crippen LogP contribution in [0.1, 0.15) is 25.4 Å². The molecular weight excluding hydrogens is 184 g/mol. The van der Waals surface area contributed by atoms with Gasteiger partial charge in [0.05, 0.1) is 18.1 Å². The zero-order valence-electron chi connectivity index (χ0n) is 7.90. The maximum absolute atomic E-state index is 8.84. The van der Waals surface area contributed by atoms with Gasteiger partial charge in [0.2, 0.25) is 0 Å². The Kier molecular flexibility index (Phi) is 4.18. The first-order chi connectivity index (χ1) is 6.22. The van der Waals surface area contributed by atoms with Crippen molar-refractivity contribution >= 4 is 11.8 Å². The average molecular weight is 198 g/mol. The molecule has 3 nitrogen and oxygen atoms in total. The van der Waals surface area contributed by atoms with Crippen LogP contribution in [-0.4, -0.2) is 20.3 Å². The van der Waals surface area contributed by atoms with Gasteiger partial charge in [0.25, 0.3) is 0 Å². The number of nitrogens with zero attached hydrogens (tertiary/aromatic N) is 2. The molecule has 0 aliphatic carbocycles. The van der Waals surface area contributed by atoms with Crippen molar-refractivity contribution in [3.8, 4) is 0 Å². The smallest absolute Gasteiger partial charge is 0.138 e. The van der Waals surface area contributed by atoms with Crippen LogP contribution in [0.25, 0.3) is 0 Å². The van der Waals surface area contributed by atoms with Crippen LogP contribution in [-0.2, 0) is 12.4 Å². The second-order valence-electron chi connectivity index (χ2n) is 2.98. The minimum Gasteiger partial charge on any atom is -0.390 e. The fourth-order valence-electron chi connectivity index (χ4n) is 0.840. The molecule has 1 N–H and O–H groups in total. The number of aliphatic hydroxyl groups is 1. The summed E-state index contributed by atoms with van der Waals surface area (Å²) in [4.78, 5) is 8.30. The van der Waals surface area contributed by atoms with Crippen molar-refractivity contribution in [2.24, 2.45) is 0 Å². The SMILES string of the molecule is CC(C)SCc1nccc(CO)n1. The van der Waals surface area contributed by atoms with Crippen LogP contribution in [0.5, 0.6) is 0 Å². The van der Waals surface area contributed by atoms with Gasteiger partial charge in [-0.1, -0.05) is 13.8 Å². The fourth-order valence-corrected chi connectivity index (χ4v) is 1.46. The summed E-state index contributed by atoms with van der Waals surface area (Å²) in [6, 6.07) is 1.73. The first-order valence-corrected chi connectivity index (χ1v) is 5.30. The molecule has 0 atom stereocenters. The summed E-state index contributed by atoms with van der Waals surface area (Å²) in [5.41, 5.74) is 0.689. The molecule has 0 spiro atoms. The lowest BCUT2D eigenvalue weighted by Gasteiger charge is -2.03. The van der Waals surface area contributed by atoms with E-state index in [-0.39, 0.29) is 6.61 Å². The van der Waals surface area contributed by atoms with Gasteiger partial charge < -0.3 is 5.11 Å². The topological polar surface area (TPSA) is 46.0 Å². The number of rotatable bonds is 4. The molecule has 0 saturated heterocycles. The first kappa shape index (κ1) is 10.5. The highest BCUT2D eigenvalue weighted by atomic mass is 32.2. The highest BCUT2D eigenvalue weighted by molar-refractivity contribution is 7.99. The fraction of sp³-hybridized carbons (Fsp3) is 0.556. The maximum Gasteiger partial charge on any atom is 0.138 e. The molecule has 72 valence electrons. The summed E-state index contributed by atoms with van der Waals surface area (Å²) >= 11 is 1.80. The third kappa shape index (κ3) is 3.74. The van der Waals surface area contributed by atoms with Crippen molar-refractivity contribution in [2.45, 2.75) is 31.5 Å². The number of hydrogen-bond acceptors (Lipinski definition) is 4. The van der Waals surface area contributed by atoms with E-state index in [0.29, 0.717) is 10.9 Å². The quantitative estimate of drug-likeness (QED) is 0.798. The van der Waals surface area contributed by atoms with Gasteiger partial charge in [-0.15, -0.1) is 0 Å². The van der Waals surface area contributed by atoms with Gasteiger partial charge >= 0.3 is 0 Å². The molecule has 0 unspecified atom stereocenters. The molecule has 0 aliphatic rings. The van der Waals surface area contributed by atoms with Gasteiger partial charge in [-0.25, -0.2) is 9.97 Å². The van der Waals surface area contributed by atoms with E-state index in [1.807, 2.05) is 0 Å². The third-order valence-corrected chi connectivity index (χ3v) is 2.56. The standard InChI is InChI=1S/C9H14N2OS/c1-7(2)13-6-9-10-4-3-8(5-12)11-9/h3-4,7,12H,5-6H2,1-2H3. The zero-order valence-corrected chi connectivity index (χ0v) is 8.71. The van der Waals surface area contributed by atoms with Crippen molar-refractivity contribution in [1.29, 1.82) is 0 Å². The molecule has 13 heavy (non-hydrogen) atoms. The molecule has 0 radical (unpaired) electrons. The van der Waals surface area contributed by atoms with E-state index in [9.17, 15) is 0 Å². The monoisotopic (exact) mass is 198 g/mol. The molecule has 0 bridgehead atoms. The zero-order chi connectivity index (χ0) is 9.68. The molecule has 1 aromatic heterocycles. The van der Waals surface area contributed by atoms with E-state index in [1.54, 1.807) is 24.0 Å². The summed E-state index contributed by atoms with van der Waals surface area (Å²) in [6.45, 7) is 4.27. The van der Waals surface area contributed by atoms with E-state index in [0.717, 1.165) is 11.6 Å². The summed E-state index contributed by atoms with van der Waals surface area (Å²) in [5, 5.41) is 9.43. The minimum atomic E-state index is -0.0120. The molecule has 0 saturated carbocycles. The van der Waals surface area contributed by atoms with Crippen LogP contribution in [0.2, 0.25) is 0 Å². The summed E-state index contributed by atoms with van der Waals surface area (Å²) in [7, 11) is 0. The Morgan fingerprint density at radius 1 is 1.54 bits per heavy atom. The molecule has 1 rings (SSSR count). The minimum absolute atomic E-state index is 0.0120. The van der Waals surface area contributed by atoms with Gasteiger partial charge in [-0.3, -0.25) is 0 Å². The van der Waals surface area contributed by atoms with Crippen molar-refractivity contribution in [3.05, 3.63) is 23.8 Å². The lowest BCUT2D eigenvalue weighted by molar-refractivity contribution is 0.276. The molecule has 1 aromatic rings.